The summed E-state index contributed by atoms with van der Waals surface area (Å²) < 4.78 is 83.1. The van der Waals surface area contributed by atoms with Gasteiger partial charge in [0.25, 0.3) is 0 Å². The lowest BCUT2D eigenvalue weighted by Crippen LogP contribution is -2.74. The molecule has 10 bridgehead atoms. The fraction of sp³-hybridized carbons (Fsp3) is 0.815. The van der Waals surface area contributed by atoms with Crippen LogP contribution in [0.1, 0.15) is 293 Å². The Hall–Kier alpha value is -6.43. The Kier molecular flexibility index (Phi) is 30.8. The third-order valence-electron chi connectivity index (χ3n) is 44.7. The smallest absolute Gasteiger partial charge is 0.302 e. The zero-order valence-electron chi connectivity index (χ0n) is 92.0. The maximum absolute atomic E-state index is 13.9. The summed E-state index contributed by atoms with van der Waals surface area (Å²) in [6.07, 6.45) is 9.12. The Morgan fingerprint density at radius 2 is 0.667 bits per heavy atom. The normalized spacial score (nSPS) is 47.7. The molecule has 28 nitrogen and oxygen atoms in total. The second kappa shape index (κ2) is 39.3. The molecule has 150 heavy (non-hydrogen) atoms. The van der Waals surface area contributed by atoms with Crippen LogP contribution in [0.2, 0.25) is 0 Å². The van der Waals surface area contributed by atoms with Gasteiger partial charge in [0, 0.05) is 133 Å². The van der Waals surface area contributed by atoms with Crippen molar-refractivity contribution in [2.75, 3.05) is 54.6 Å². The lowest BCUT2D eigenvalue weighted by molar-refractivity contribution is -0.393. The summed E-state index contributed by atoms with van der Waals surface area (Å²) in [6, 6.07) is 0. The van der Waals surface area contributed by atoms with Gasteiger partial charge in [-0.25, -0.2) is 0 Å². The van der Waals surface area contributed by atoms with Crippen molar-refractivity contribution in [3.63, 3.8) is 0 Å². The van der Waals surface area contributed by atoms with Gasteiger partial charge >= 0.3 is 23.9 Å². The molecule has 31 heteroatoms. The van der Waals surface area contributed by atoms with E-state index in [1.807, 2.05) is 27.7 Å². The number of hydrogen-bond acceptors (Lipinski definition) is 28. The quantitative estimate of drug-likeness (QED) is 0.0619. The second-order valence-corrected chi connectivity index (χ2v) is 54.1. The van der Waals surface area contributed by atoms with E-state index in [9.17, 15) is 107 Å². The van der Waals surface area contributed by atoms with Crippen LogP contribution in [0.25, 0.3) is 0 Å². The molecule has 38 atom stereocenters. The average Bonchev–Trinajstić information content (AvgIpc) is 1.45. The number of aliphatic hydroxyl groups is 9. The summed E-state index contributed by atoms with van der Waals surface area (Å²) in [5.74, 6) is -9.71. The Bertz CT molecular complexity index is 5440. The minimum Gasteiger partial charge on any atom is -0.465 e. The highest BCUT2D eigenvalue weighted by atomic mass is 19.1. The van der Waals surface area contributed by atoms with E-state index in [4.69, 9.17) is 42.6 Å². The number of hydrogen-bond donors (Lipinski definition) is 9. The first-order chi connectivity index (χ1) is 69.3. The van der Waals surface area contributed by atoms with E-state index < -0.39 is 175 Å². The number of fused-ring (bicyclic) bond motifs is 11. The number of alkyl halides is 3. The Balaban J connectivity index is 0.000000138. The standard InChI is InChI=1S/C26H38O5.C25H34O6.C22H32O6.C22H30O6.C20H28O5.3CH3F.CH4/c1-14-15(2)26-20-12-19-23(4,5)9-8-10-25(19,13-29-16(3)27)21(26)18(28)11-17(14)22(26)31-24(6,7)30-20;1-13-15-10-16(27)19-24(12-29-14(2)26)9-7-8-22(3,4)17(24)11-18-25(19,20(13)28)21(15)31-23(5,6)30-18;2*1-11-13-8-14(24)17-21(10-28-12(2)23)7-5-6-20(3,4)15(21)9-16(25)22(17,18(11)26)19(13)27;1-10-11-8-19(24)16-18(9-25-19)6-4-5-17(2,3)12(18)7-13(21)20(16,14(10)22)15(11)23;3*1-2;/h17-22,28H,1-2,8-13H2,3-7H3;15,17-19,21H,1,7-12H2,2-6H3;13-17,19,24-25,27H,1,5-10H2,2-4H3;13,15-17,19,25,27H,1,5-10H2,2-4H3;11-13,15-16,21,23-24H,1,4-9H2,2-3H3;3*1H3;1H4/t17-,18-,19+,20+,21-,22+,25-,26+;15-,17+,18+,19-,21+,24-,25+;13-,14-,15+,16+,17-,19+,21-,22+;13-,15+,16+,17-,19+,21-,22+;11-,12+,13+,15+,16+,18-,19+,20+;;;;/m00000..../s1. The molecule has 0 amide bonds. The van der Waals surface area contributed by atoms with E-state index in [0.29, 0.717) is 96.4 Å². The number of aliphatic hydroxyl groups excluding tert-OH is 8. The van der Waals surface area contributed by atoms with Crippen LogP contribution in [0.15, 0.2) is 72.9 Å². The topological polar surface area (TPSA) is 436 Å². The van der Waals surface area contributed by atoms with E-state index in [2.05, 4.69) is 109 Å². The van der Waals surface area contributed by atoms with Crippen LogP contribution in [0.5, 0.6) is 0 Å². The van der Waals surface area contributed by atoms with Gasteiger partial charge in [-0.15, -0.1) is 0 Å². The number of Topliss-reactive ketones (excluding diaryl/α,β-unsaturated/α-hetero) is 6. The van der Waals surface area contributed by atoms with Gasteiger partial charge in [-0.3, -0.25) is 61.1 Å². The Labute approximate surface area is 884 Å². The van der Waals surface area contributed by atoms with Crippen LogP contribution >= 0.6 is 0 Å². The van der Waals surface area contributed by atoms with Gasteiger partial charge in [0.1, 0.15) is 11.6 Å². The molecule has 3 saturated heterocycles. The third-order valence-corrected chi connectivity index (χ3v) is 44.7. The van der Waals surface area contributed by atoms with E-state index in [1.54, 1.807) is 0 Å². The highest BCUT2D eigenvalue weighted by Gasteiger charge is 2.87. The molecule has 23 rings (SSSR count). The molecular weight excluding hydrogens is 1930 g/mol. The molecule has 0 aromatic heterocycles. The third kappa shape index (κ3) is 16.0. The second-order valence-electron chi connectivity index (χ2n) is 54.1. The molecule has 3 aliphatic heterocycles. The largest absolute Gasteiger partial charge is 0.465 e. The maximum atomic E-state index is 13.9. The first-order valence-corrected chi connectivity index (χ1v) is 54.9. The van der Waals surface area contributed by atoms with Crippen LogP contribution in [0, 0.1) is 170 Å². The van der Waals surface area contributed by atoms with Crippen molar-refractivity contribution < 1.29 is 150 Å². The summed E-state index contributed by atoms with van der Waals surface area (Å²) in [4.78, 5) is 128. The number of carbonyl (C=O) groups is 10. The van der Waals surface area contributed by atoms with Gasteiger partial charge in [0.05, 0.1) is 155 Å². The van der Waals surface area contributed by atoms with E-state index in [1.165, 1.54) is 27.7 Å². The highest BCUT2D eigenvalue weighted by Crippen LogP contribution is 2.82. The van der Waals surface area contributed by atoms with Gasteiger partial charge in [-0.2, -0.15) is 0 Å². The fourth-order valence-electron chi connectivity index (χ4n) is 40.1. The number of rotatable bonds is 8. The molecule has 0 aromatic carbocycles. The highest BCUT2D eigenvalue weighted by molar-refractivity contribution is 6.11. The summed E-state index contributed by atoms with van der Waals surface area (Å²) >= 11 is 0. The minimum absolute atomic E-state index is 0. The predicted molar refractivity (Wildman–Crippen MR) is 547 cm³/mol. The van der Waals surface area contributed by atoms with Crippen LogP contribution in [-0.2, 0) is 90.6 Å². The van der Waals surface area contributed by atoms with Crippen molar-refractivity contribution in [2.24, 2.45) is 170 Å². The van der Waals surface area contributed by atoms with E-state index >= 15 is 0 Å². The van der Waals surface area contributed by atoms with Gasteiger partial charge in [-0.05, 0) is 227 Å². The molecule has 9 N–H and O–H groups in total. The first-order valence-electron chi connectivity index (χ1n) is 54.9. The average molecular weight is 2110 g/mol. The van der Waals surface area contributed by atoms with Gasteiger partial charge < -0.3 is 88.6 Å². The molecule has 20 saturated carbocycles. The summed E-state index contributed by atoms with van der Waals surface area (Å²) in [6.45, 7) is 61.3. The lowest BCUT2D eigenvalue weighted by Gasteiger charge is -2.70. The molecule has 0 radical (unpaired) electrons. The molecule has 0 unspecified atom stereocenters. The number of esters is 4. The molecule has 20 aliphatic carbocycles. The first kappa shape index (κ1) is 118. The van der Waals surface area contributed by atoms with Crippen molar-refractivity contribution in [1.29, 1.82) is 0 Å². The van der Waals surface area contributed by atoms with Crippen molar-refractivity contribution in [3.8, 4) is 0 Å². The molecule has 23 aliphatic rings. The molecule has 3 heterocycles. The number of ketones is 6. The zero-order chi connectivity index (χ0) is 110. The van der Waals surface area contributed by atoms with Crippen molar-refractivity contribution >= 4 is 58.6 Å². The number of ether oxygens (including phenoxy) is 9. The van der Waals surface area contributed by atoms with E-state index in [-0.39, 0.29) is 203 Å². The molecular formula is C119H175F3O28. The molecule has 840 valence electrons. The number of halogens is 3. The minimum atomic E-state index is -1.55. The van der Waals surface area contributed by atoms with Crippen LogP contribution in [-0.4, -0.2) is 250 Å². The van der Waals surface area contributed by atoms with Crippen LogP contribution in [0.4, 0.5) is 13.2 Å². The van der Waals surface area contributed by atoms with Crippen molar-refractivity contribution in [3.05, 3.63) is 72.9 Å². The predicted octanol–water partition coefficient (Wildman–Crippen LogP) is 15.2. The molecule has 6 spiro atoms. The monoisotopic (exact) mass is 2110 g/mol. The fourth-order valence-corrected chi connectivity index (χ4v) is 40.1. The van der Waals surface area contributed by atoms with E-state index in [0.717, 1.165) is 101 Å². The summed E-state index contributed by atoms with van der Waals surface area (Å²) in [5.41, 5.74) is -5.50. The van der Waals surface area contributed by atoms with Crippen LogP contribution < -0.4 is 0 Å². The lowest BCUT2D eigenvalue weighted by atomic mass is 9.38. The molecule has 0 aromatic rings. The van der Waals surface area contributed by atoms with Crippen LogP contribution in [0.3, 0.4) is 0 Å². The van der Waals surface area contributed by atoms with Gasteiger partial charge in [-0.1, -0.05) is 148 Å². The van der Waals surface area contributed by atoms with Crippen molar-refractivity contribution in [2.45, 2.75) is 383 Å². The maximum Gasteiger partial charge on any atom is 0.302 e. The zero-order valence-corrected chi connectivity index (χ0v) is 92.0. The Morgan fingerprint density at radius 1 is 0.353 bits per heavy atom. The van der Waals surface area contributed by atoms with Crippen molar-refractivity contribution in [1.82, 2.24) is 0 Å². The number of carbonyl (C=O) groups excluding carboxylic acids is 10. The summed E-state index contributed by atoms with van der Waals surface area (Å²) in [7, 11) is 1.50. The summed E-state index contributed by atoms with van der Waals surface area (Å²) in [5, 5.41) is 101. The molecule has 23 fully saturated rings. The van der Waals surface area contributed by atoms with Gasteiger partial charge in [0.2, 0.25) is 0 Å². The SMILES string of the molecule is C.C=C1C(=C)[C@@]23[C@@H]4OC(C)(C)O[C@@H]2C[C@@H]2C(C)(C)CCC[C@@]2(COC(C)=O)[C@@H]3[C@@H](O)C[C@@H]14.C=C1C(=O)[C@@]23[C@@H]4OC(C)(C)O[C@@H]2C[C@@H]2C(C)(C)CCC[C@@]2(COC(C)=O)[C@@H]3C(=O)C[C@@H]14.C=C1C(=O)[C@@]23[C@H](O)C[C@@H]4C(C)(C)CCC[C@@]4(COC(C)=O)[C@@H]2C(=O)C[C@@H]1[C@H]3O.C=C1C(=O)[C@@]23[C@H](O)C[C@@H]4C(C)(C)CCC[C@@]4(COC(C)=O)[C@@H]2[C@@H](O)C[C@@H]1[C@H]3O.C=C1C(=O)[C@]23[C@H](O)C[C@@H]4C(C)(C)CCC[C@]45CO[C@](O)(C[C@@H]1[C@H]2O)[C@@H]53.CF.CF.CF. The van der Waals surface area contributed by atoms with Gasteiger partial charge in [0.15, 0.2) is 40.5 Å². The Morgan fingerprint density at radius 3 is 1.13 bits per heavy atom.